The molecule has 0 bridgehead atoms. The van der Waals surface area contributed by atoms with Crippen LogP contribution in [0, 0.1) is 6.92 Å². The van der Waals surface area contributed by atoms with Crippen LogP contribution >= 0.6 is 0 Å². The van der Waals surface area contributed by atoms with Gasteiger partial charge >= 0.3 is 0 Å². The van der Waals surface area contributed by atoms with Crippen molar-refractivity contribution in [2.24, 2.45) is 0 Å². The molecule has 2 rings (SSSR count). The number of hydrogen-bond acceptors (Lipinski definition) is 3. The number of ether oxygens (including phenoxy) is 1. The molecule has 0 amide bonds. The van der Waals surface area contributed by atoms with Crippen LogP contribution < -0.4 is 10.1 Å². The number of benzene rings is 1. The maximum absolute atomic E-state index is 5.07. The second-order valence-electron chi connectivity index (χ2n) is 4.27. The van der Waals surface area contributed by atoms with Crippen molar-refractivity contribution in [2.45, 2.75) is 13.5 Å². The van der Waals surface area contributed by atoms with Gasteiger partial charge in [-0.2, -0.15) is 0 Å². The van der Waals surface area contributed by atoms with Gasteiger partial charge < -0.3 is 10.1 Å². The van der Waals surface area contributed by atoms with E-state index >= 15 is 0 Å². The SMILES string of the molecule is CNCc1ccc(-c2ccc(OC)nc2)c(C)c1. The Morgan fingerprint density at radius 2 is 2.06 bits per heavy atom. The van der Waals surface area contributed by atoms with Crippen LogP contribution in [0.4, 0.5) is 0 Å². The summed E-state index contributed by atoms with van der Waals surface area (Å²) < 4.78 is 5.07. The molecule has 1 N–H and O–H groups in total. The predicted octanol–water partition coefficient (Wildman–Crippen LogP) is 2.79. The fraction of sp³-hybridized carbons (Fsp3) is 0.267. The molecule has 0 atom stereocenters. The zero-order valence-electron chi connectivity index (χ0n) is 11.0. The monoisotopic (exact) mass is 242 g/mol. The van der Waals surface area contributed by atoms with Crippen molar-refractivity contribution in [2.75, 3.05) is 14.2 Å². The Morgan fingerprint density at radius 1 is 1.22 bits per heavy atom. The lowest BCUT2D eigenvalue weighted by Crippen LogP contribution is -2.05. The van der Waals surface area contributed by atoms with Crippen LogP contribution in [0.2, 0.25) is 0 Å². The average molecular weight is 242 g/mol. The third-order valence-corrected chi connectivity index (χ3v) is 2.93. The lowest BCUT2D eigenvalue weighted by atomic mass is 10.00. The minimum atomic E-state index is 0.642. The van der Waals surface area contributed by atoms with Gasteiger partial charge in [-0.1, -0.05) is 18.2 Å². The average Bonchev–Trinajstić information content (AvgIpc) is 2.40. The first-order valence-corrected chi connectivity index (χ1v) is 5.99. The Bertz CT molecular complexity index is 521. The third kappa shape index (κ3) is 2.68. The molecular formula is C15H18N2O. The van der Waals surface area contributed by atoms with Gasteiger partial charge in [0.2, 0.25) is 5.88 Å². The van der Waals surface area contributed by atoms with E-state index in [0.29, 0.717) is 5.88 Å². The highest BCUT2D eigenvalue weighted by Gasteiger charge is 2.04. The smallest absolute Gasteiger partial charge is 0.212 e. The minimum Gasteiger partial charge on any atom is -0.481 e. The first kappa shape index (κ1) is 12.6. The number of nitrogens with zero attached hydrogens (tertiary/aromatic N) is 1. The molecule has 1 heterocycles. The zero-order valence-corrected chi connectivity index (χ0v) is 11.0. The second kappa shape index (κ2) is 5.65. The van der Waals surface area contributed by atoms with Gasteiger partial charge in [0.1, 0.15) is 0 Å². The van der Waals surface area contributed by atoms with Crippen molar-refractivity contribution in [3.8, 4) is 17.0 Å². The fourth-order valence-corrected chi connectivity index (χ4v) is 2.02. The van der Waals surface area contributed by atoms with Crippen molar-refractivity contribution in [1.82, 2.24) is 10.3 Å². The molecule has 0 saturated heterocycles. The number of aromatic nitrogens is 1. The molecule has 18 heavy (non-hydrogen) atoms. The Hall–Kier alpha value is -1.87. The van der Waals surface area contributed by atoms with E-state index in [-0.39, 0.29) is 0 Å². The molecule has 0 aliphatic rings. The lowest BCUT2D eigenvalue weighted by molar-refractivity contribution is 0.398. The van der Waals surface area contributed by atoms with Crippen LogP contribution in [0.3, 0.4) is 0 Å². The molecule has 0 spiro atoms. The number of hydrogen-bond donors (Lipinski definition) is 1. The van der Waals surface area contributed by atoms with E-state index in [1.54, 1.807) is 7.11 Å². The Balaban J connectivity index is 2.32. The van der Waals surface area contributed by atoms with Gasteiger partial charge in [-0.05, 0) is 36.7 Å². The maximum Gasteiger partial charge on any atom is 0.212 e. The molecule has 0 saturated carbocycles. The summed E-state index contributed by atoms with van der Waals surface area (Å²) in [5, 5.41) is 3.16. The van der Waals surface area contributed by atoms with Gasteiger partial charge in [0.25, 0.3) is 0 Å². The van der Waals surface area contributed by atoms with E-state index in [2.05, 4.69) is 35.4 Å². The number of pyridine rings is 1. The molecule has 2 aromatic rings. The highest BCUT2D eigenvalue weighted by Crippen LogP contribution is 2.24. The topological polar surface area (TPSA) is 34.1 Å². The van der Waals surface area contributed by atoms with Crippen LogP contribution in [0.15, 0.2) is 36.5 Å². The zero-order chi connectivity index (χ0) is 13.0. The second-order valence-corrected chi connectivity index (χ2v) is 4.27. The molecule has 0 unspecified atom stereocenters. The summed E-state index contributed by atoms with van der Waals surface area (Å²) in [5.41, 5.74) is 4.88. The molecule has 0 aliphatic carbocycles. The standard InChI is InChI=1S/C15H18N2O/c1-11-8-12(9-16-2)4-6-14(11)13-5-7-15(18-3)17-10-13/h4-8,10,16H,9H2,1-3H3. The van der Waals surface area contributed by atoms with Gasteiger partial charge in [-0.15, -0.1) is 0 Å². The summed E-state index contributed by atoms with van der Waals surface area (Å²) in [7, 11) is 3.58. The molecule has 1 aromatic carbocycles. The summed E-state index contributed by atoms with van der Waals surface area (Å²) in [6.45, 7) is 3.01. The maximum atomic E-state index is 5.07. The Labute approximate surface area is 108 Å². The van der Waals surface area contributed by atoms with E-state index in [4.69, 9.17) is 4.74 Å². The summed E-state index contributed by atoms with van der Waals surface area (Å²) in [6, 6.07) is 10.4. The fourth-order valence-electron chi connectivity index (χ4n) is 2.02. The van der Waals surface area contributed by atoms with E-state index in [1.807, 2.05) is 25.4 Å². The molecule has 0 fully saturated rings. The van der Waals surface area contributed by atoms with Crippen LogP contribution in [-0.2, 0) is 6.54 Å². The molecule has 94 valence electrons. The number of methoxy groups -OCH3 is 1. The van der Waals surface area contributed by atoms with Crippen molar-refractivity contribution in [3.63, 3.8) is 0 Å². The number of rotatable bonds is 4. The van der Waals surface area contributed by atoms with Gasteiger partial charge in [-0.25, -0.2) is 4.98 Å². The van der Waals surface area contributed by atoms with Crippen LogP contribution in [0.1, 0.15) is 11.1 Å². The van der Waals surface area contributed by atoms with Crippen molar-refractivity contribution >= 4 is 0 Å². The van der Waals surface area contributed by atoms with Crippen LogP contribution in [-0.4, -0.2) is 19.1 Å². The van der Waals surface area contributed by atoms with Gasteiger partial charge in [0.15, 0.2) is 0 Å². The number of aryl methyl sites for hydroxylation is 1. The Kier molecular flexibility index (Phi) is 3.95. The quantitative estimate of drug-likeness (QED) is 0.895. The van der Waals surface area contributed by atoms with Crippen molar-refractivity contribution < 1.29 is 4.74 Å². The third-order valence-electron chi connectivity index (χ3n) is 2.93. The highest BCUT2D eigenvalue weighted by molar-refractivity contribution is 5.67. The van der Waals surface area contributed by atoms with E-state index in [9.17, 15) is 0 Å². The van der Waals surface area contributed by atoms with E-state index in [0.717, 1.165) is 12.1 Å². The first-order valence-electron chi connectivity index (χ1n) is 5.99. The molecular weight excluding hydrogens is 224 g/mol. The molecule has 0 radical (unpaired) electrons. The van der Waals surface area contributed by atoms with Gasteiger partial charge in [-0.3, -0.25) is 0 Å². The van der Waals surface area contributed by atoms with Crippen LogP contribution in [0.5, 0.6) is 5.88 Å². The van der Waals surface area contributed by atoms with E-state index < -0.39 is 0 Å². The molecule has 0 aliphatic heterocycles. The van der Waals surface area contributed by atoms with E-state index in [1.165, 1.54) is 16.7 Å². The lowest BCUT2D eigenvalue weighted by Gasteiger charge is -2.09. The predicted molar refractivity (Wildman–Crippen MR) is 73.7 cm³/mol. The molecule has 3 heteroatoms. The van der Waals surface area contributed by atoms with Crippen molar-refractivity contribution in [3.05, 3.63) is 47.7 Å². The highest BCUT2D eigenvalue weighted by atomic mass is 16.5. The molecule has 3 nitrogen and oxygen atoms in total. The normalized spacial score (nSPS) is 10.4. The van der Waals surface area contributed by atoms with Gasteiger partial charge in [0, 0.05) is 24.4 Å². The van der Waals surface area contributed by atoms with Crippen molar-refractivity contribution in [1.29, 1.82) is 0 Å². The summed E-state index contributed by atoms with van der Waals surface area (Å²) in [5.74, 6) is 0.642. The first-order chi connectivity index (χ1) is 8.74. The number of nitrogens with one attached hydrogen (secondary N) is 1. The summed E-state index contributed by atoms with van der Waals surface area (Å²) >= 11 is 0. The summed E-state index contributed by atoms with van der Waals surface area (Å²) in [4.78, 5) is 4.24. The largest absolute Gasteiger partial charge is 0.481 e. The minimum absolute atomic E-state index is 0.642. The van der Waals surface area contributed by atoms with Gasteiger partial charge in [0.05, 0.1) is 7.11 Å². The molecule has 1 aromatic heterocycles. The van der Waals surface area contributed by atoms with Crippen LogP contribution in [0.25, 0.3) is 11.1 Å². The summed E-state index contributed by atoms with van der Waals surface area (Å²) in [6.07, 6.45) is 1.85. The Morgan fingerprint density at radius 3 is 2.61 bits per heavy atom.